The smallest absolute Gasteiger partial charge is 0.153 e. The molecule has 0 atom stereocenters. The van der Waals surface area contributed by atoms with E-state index in [9.17, 15) is 4.79 Å². The Bertz CT molecular complexity index is 189. The van der Waals surface area contributed by atoms with Gasteiger partial charge in [-0.1, -0.05) is 39.5 Å². The highest BCUT2D eigenvalue weighted by Crippen LogP contribution is 2.07. The van der Waals surface area contributed by atoms with Gasteiger partial charge in [0.25, 0.3) is 0 Å². The van der Waals surface area contributed by atoms with Crippen molar-refractivity contribution in [1.82, 2.24) is 0 Å². The summed E-state index contributed by atoms with van der Waals surface area (Å²) < 4.78 is 0. The lowest BCUT2D eigenvalue weighted by Gasteiger charge is -2.00. The van der Waals surface area contributed by atoms with Crippen molar-refractivity contribution >= 4 is 22.7 Å². The Morgan fingerprint density at radius 1 is 1.29 bits per heavy atom. The standard InChI is InChI=1S/C5H12N2S.C5H10O/c1-4(2)8-5(6)7-3;1-4(2)5(3)6/h4H,1-3H3,(H2,6,7);4H,1-3H3. The largest absolute Gasteiger partial charge is 0.379 e. The van der Waals surface area contributed by atoms with Crippen molar-refractivity contribution in [3.8, 4) is 0 Å². The summed E-state index contributed by atoms with van der Waals surface area (Å²) in [6.45, 7) is 9.56. The van der Waals surface area contributed by atoms with Crippen LogP contribution in [0.15, 0.2) is 4.99 Å². The fourth-order valence-electron chi connectivity index (χ4n) is 0.294. The molecule has 0 amide bonds. The maximum atomic E-state index is 10.1. The summed E-state index contributed by atoms with van der Waals surface area (Å²) in [7, 11) is 1.70. The van der Waals surface area contributed by atoms with E-state index in [2.05, 4.69) is 18.8 Å². The molecular weight excluding hydrogens is 196 g/mol. The summed E-state index contributed by atoms with van der Waals surface area (Å²) in [6, 6.07) is 0. The van der Waals surface area contributed by atoms with Gasteiger partial charge in [-0.25, -0.2) is 0 Å². The fourth-order valence-corrected chi connectivity index (χ4v) is 0.883. The van der Waals surface area contributed by atoms with Crippen molar-refractivity contribution in [2.75, 3.05) is 7.05 Å². The number of ketones is 1. The van der Waals surface area contributed by atoms with Gasteiger partial charge in [0, 0.05) is 18.2 Å². The van der Waals surface area contributed by atoms with Gasteiger partial charge in [0.2, 0.25) is 0 Å². The molecule has 84 valence electrons. The Balaban J connectivity index is 0. The highest BCUT2D eigenvalue weighted by molar-refractivity contribution is 8.14. The highest BCUT2D eigenvalue weighted by atomic mass is 32.2. The van der Waals surface area contributed by atoms with E-state index >= 15 is 0 Å². The van der Waals surface area contributed by atoms with Crippen molar-refractivity contribution in [2.24, 2.45) is 16.6 Å². The van der Waals surface area contributed by atoms with Gasteiger partial charge in [0.1, 0.15) is 5.78 Å². The average molecular weight is 218 g/mol. The van der Waals surface area contributed by atoms with Gasteiger partial charge in [-0.3, -0.25) is 9.79 Å². The zero-order chi connectivity index (χ0) is 11.7. The number of rotatable bonds is 2. The quantitative estimate of drug-likeness (QED) is 0.571. The van der Waals surface area contributed by atoms with E-state index in [1.54, 1.807) is 25.7 Å². The lowest BCUT2D eigenvalue weighted by Crippen LogP contribution is -2.08. The van der Waals surface area contributed by atoms with Crippen LogP contribution < -0.4 is 5.73 Å². The lowest BCUT2D eigenvalue weighted by atomic mass is 10.1. The molecule has 0 unspecified atom stereocenters. The highest BCUT2D eigenvalue weighted by Gasteiger charge is 1.95. The zero-order valence-electron chi connectivity index (χ0n) is 10.00. The first kappa shape index (κ1) is 15.9. The lowest BCUT2D eigenvalue weighted by molar-refractivity contribution is -0.119. The minimum Gasteiger partial charge on any atom is -0.379 e. The Labute approximate surface area is 91.5 Å². The molecule has 0 rings (SSSR count). The number of carbonyl (C=O) groups is 1. The molecule has 0 saturated heterocycles. The predicted molar refractivity (Wildman–Crippen MR) is 65.8 cm³/mol. The molecule has 0 spiro atoms. The van der Waals surface area contributed by atoms with Crippen molar-refractivity contribution in [2.45, 2.75) is 39.9 Å². The van der Waals surface area contributed by atoms with Gasteiger partial charge in [-0.2, -0.15) is 0 Å². The number of aliphatic imine (C=N–C) groups is 1. The Morgan fingerprint density at radius 3 is 1.71 bits per heavy atom. The molecule has 0 aromatic carbocycles. The zero-order valence-corrected chi connectivity index (χ0v) is 10.8. The van der Waals surface area contributed by atoms with Crippen LogP contribution in [0.4, 0.5) is 0 Å². The first-order chi connectivity index (χ1) is 6.31. The normalized spacial score (nSPS) is 11.3. The third-order valence-electron chi connectivity index (χ3n) is 1.39. The van der Waals surface area contributed by atoms with Crippen LogP contribution in [0.2, 0.25) is 0 Å². The van der Waals surface area contributed by atoms with Crippen LogP contribution >= 0.6 is 11.8 Å². The number of nitrogens with two attached hydrogens (primary N) is 1. The number of amidine groups is 1. The Hall–Kier alpha value is -0.510. The molecule has 0 aromatic heterocycles. The van der Waals surface area contributed by atoms with Crippen LogP contribution in [0, 0.1) is 5.92 Å². The molecule has 0 bridgehead atoms. The molecule has 2 N–H and O–H groups in total. The summed E-state index contributed by atoms with van der Waals surface area (Å²) >= 11 is 1.58. The summed E-state index contributed by atoms with van der Waals surface area (Å²) in [6.07, 6.45) is 0. The van der Waals surface area contributed by atoms with Crippen LogP contribution in [0.1, 0.15) is 34.6 Å². The molecule has 0 aliphatic carbocycles. The molecule has 0 heterocycles. The summed E-state index contributed by atoms with van der Waals surface area (Å²) in [4.78, 5) is 13.9. The van der Waals surface area contributed by atoms with Crippen molar-refractivity contribution < 1.29 is 4.79 Å². The number of thioether (sulfide) groups is 1. The minimum absolute atomic E-state index is 0.213. The topological polar surface area (TPSA) is 55.5 Å². The fraction of sp³-hybridized carbons (Fsp3) is 0.800. The van der Waals surface area contributed by atoms with E-state index in [1.807, 2.05) is 13.8 Å². The third kappa shape index (κ3) is 14.0. The second-order valence-electron chi connectivity index (χ2n) is 3.49. The van der Waals surface area contributed by atoms with Crippen molar-refractivity contribution in [3.05, 3.63) is 0 Å². The SMILES string of the molecule is CC(=O)C(C)C.CN=C(N)SC(C)C. The molecule has 3 nitrogen and oxygen atoms in total. The number of Topliss-reactive ketones (excluding diaryl/α,β-unsaturated/α-hetero) is 1. The van der Waals surface area contributed by atoms with Gasteiger partial charge in [0.15, 0.2) is 5.17 Å². The van der Waals surface area contributed by atoms with E-state index in [-0.39, 0.29) is 11.7 Å². The van der Waals surface area contributed by atoms with E-state index in [0.29, 0.717) is 10.4 Å². The van der Waals surface area contributed by atoms with Gasteiger partial charge in [-0.15, -0.1) is 0 Å². The molecule has 0 saturated carbocycles. The molecule has 0 aliphatic heterocycles. The number of nitrogens with zero attached hydrogens (tertiary/aromatic N) is 1. The average Bonchev–Trinajstić information content (AvgIpc) is 2.04. The van der Waals surface area contributed by atoms with Crippen LogP contribution in [-0.2, 0) is 4.79 Å². The molecule has 0 radical (unpaired) electrons. The van der Waals surface area contributed by atoms with Gasteiger partial charge < -0.3 is 5.73 Å². The van der Waals surface area contributed by atoms with Gasteiger partial charge in [-0.05, 0) is 6.92 Å². The van der Waals surface area contributed by atoms with Crippen molar-refractivity contribution in [3.63, 3.8) is 0 Å². The Morgan fingerprint density at radius 2 is 1.64 bits per heavy atom. The summed E-state index contributed by atoms with van der Waals surface area (Å²) in [5.74, 6) is 0.472. The van der Waals surface area contributed by atoms with E-state index in [1.165, 1.54) is 0 Å². The van der Waals surface area contributed by atoms with Crippen LogP contribution in [-0.4, -0.2) is 23.2 Å². The van der Waals surface area contributed by atoms with E-state index in [0.717, 1.165) is 0 Å². The first-order valence-corrected chi connectivity index (χ1v) is 5.58. The number of hydrogen-bond acceptors (Lipinski definition) is 3. The second kappa shape index (κ2) is 9.06. The third-order valence-corrected chi connectivity index (χ3v) is 2.29. The maximum absolute atomic E-state index is 10.1. The molecule has 0 aliphatic rings. The molecular formula is C10H22N2OS. The predicted octanol–water partition coefficient (Wildman–Crippen LogP) is 2.30. The van der Waals surface area contributed by atoms with Crippen LogP contribution in [0.3, 0.4) is 0 Å². The molecule has 0 aromatic rings. The van der Waals surface area contributed by atoms with Crippen molar-refractivity contribution in [1.29, 1.82) is 0 Å². The number of hydrogen-bond donors (Lipinski definition) is 1. The molecule has 0 fully saturated rings. The van der Waals surface area contributed by atoms with Crippen LogP contribution in [0.5, 0.6) is 0 Å². The first-order valence-electron chi connectivity index (χ1n) is 4.70. The molecule has 14 heavy (non-hydrogen) atoms. The maximum Gasteiger partial charge on any atom is 0.153 e. The Kier molecular flexibility index (Phi) is 10.3. The summed E-state index contributed by atoms with van der Waals surface area (Å²) in [5.41, 5.74) is 5.39. The summed E-state index contributed by atoms with van der Waals surface area (Å²) in [5, 5.41) is 1.21. The van der Waals surface area contributed by atoms with E-state index in [4.69, 9.17) is 5.73 Å². The molecule has 4 heteroatoms. The van der Waals surface area contributed by atoms with Gasteiger partial charge in [0.05, 0.1) is 0 Å². The second-order valence-corrected chi connectivity index (χ2v) is 5.09. The number of carbonyl (C=O) groups excluding carboxylic acids is 1. The monoisotopic (exact) mass is 218 g/mol. The van der Waals surface area contributed by atoms with Gasteiger partial charge >= 0.3 is 0 Å². The van der Waals surface area contributed by atoms with Crippen LogP contribution in [0.25, 0.3) is 0 Å². The minimum atomic E-state index is 0.213. The van der Waals surface area contributed by atoms with E-state index < -0.39 is 0 Å².